The van der Waals surface area contributed by atoms with E-state index in [0.29, 0.717) is 30.2 Å². The molecule has 1 rings (SSSR count). The molecule has 0 saturated carbocycles. The van der Waals surface area contributed by atoms with Gasteiger partial charge in [0.05, 0.1) is 19.9 Å². The molecule has 0 spiro atoms. The molecule has 0 fully saturated rings. The van der Waals surface area contributed by atoms with Crippen LogP contribution < -0.4 is 20.1 Å². The van der Waals surface area contributed by atoms with Gasteiger partial charge in [0.1, 0.15) is 11.5 Å². The number of amides is 1. The number of methoxy groups -OCH3 is 2. The fourth-order valence-corrected chi connectivity index (χ4v) is 1.50. The summed E-state index contributed by atoms with van der Waals surface area (Å²) in [5.41, 5.74) is 0.623. The predicted molar refractivity (Wildman–Crippen MR) is 71.3 cm³/mol. The van der Waals surface area contributed by atoms with Crippen molar-refractivity contribution in [3.05, 3.63) is 18.2 Å². The van der Waals surface area contributed by atoms with Gasteiger partial charge in [-0.2, -0.15) is 0 Å². The summed E-state index contributed by atoms with van der Waals surface area (Å²) in [7, 11) is 3.15. The van der Waals surface area contributed by atoms with Gasteiger partial charge in [0.15, 0.2) is 0 Å². The second kappa shape index (κ2) is 7.55. The third-order valence-corrected chi connectivity index (χ3v) is 2.46. The number of hydrogen-bond donors (Lipinski definition) is 2. The first-order valence-electron chi connectivity index (χ1n) is 5.93. The molecule has 1 amide bonds. The number of carbonyl (C=O) groups excluding carboxylic acids is 1. The minimum atomic E-state index is -0.0532. The van der Waals surface area contributed by atoms with Crippen LogP contribution in [0.25, 0.3) is 0 Å². The molecule has 0 atom stereocenters. The van der Waals surface area contributed by atoms with Crippen LogP contribution in [0.15, 0.2) is 18.2 Å². The van der Waals surface area contributed by atoms with Crippen molar-refractivity contribution < 1.29 is 14.3 Å². The van der Waals surface area contributed by atoms with Gasteiger partial charge in [-0.25, -0.2) is 0 Å². The van der Waals surface area contributed by atoms with Crippen LogP contribution in [-0.4, -0.2) is 33.2 Å². The molecule has 18 heavy (non-hydrogen) atoms. The van der Waals surface area contributed by atoms with Crippen molar-refractivity contribution in [2.75, 3.05) is 32.6 Å². The van der Waals surface area contributed by atoms with E-state index in [-0.39, 0.29) is 5.91 Å². The van der Waals surface area contributed by atoms with Crippen molar-refractivity contribution in [3.63, 3.8) is 0 Å². The lowest BCUT2D eigenvalue weighted by molar-refractivity contribution is -0.116. The van der Waals surface area contributed by atoms with Crippen LogP contribution in [0.1, 0.15) is 13.3 Å². The topological polar surface area (TPSA) is 59.6 Å². The van der Waals surface area contributed by atoms with Crippen LogP contribution in [0.3, 0.4) is 0 Å². The van der Waals surface area contributed by atoms with Gasteiger partial charge in [0.2, 0.25) is 5.91 Å². The van der Waals surface area contributed by atoms with Crippen LogP contribution in [0, 0.1) is 0 Å². The number of hydrogen-bond acceptors (Lipinski definition) is 4. The van der Waals surface area contributed by atoms with E-state index in [2.05, 4.69) is 10.6 Å². The standard InChI is InChI=1S/C13H20N2O3/c1-4-14-8-7-13(16)15-11-9-10(17-2)5-6-12(11)18-3/h5-6,9,14H,4,7-8H2,1-3H3,(H,15,16). The van der Waals surface area contributed by atoms with Crippen LogP contribution in [-0.2, 0) is 4.79 Å². The molecule has 100 valence electrons. The van der Waals surface area contributed by atoms with Gasteiger partial charge in [0.25, 0.3) is 0 Å². The van der Waals surface area contributed by atoms with Gasteiger partial charge in [0, 0.05) is 19.0 Å². The summed E-state index contributed by atoms with van der Waals surface area (Å²) in [5.74, 6) is 1.24. The number of anilines is 1. The Bertz CT molecular complexity index is 394. The lowest BCUT2D eigenvalue weighted by Gasteiger charge is -2.11. The minimum Gasteiger partial charge on any atom is -0.497 e. The van der Waals surface area contributed by atoms with Gasteiger partial charge in [-0.05, 0) is 18.7 Å². The highest BCUT2D eigenvalue weighted by molar-refractivity contribution is 5.92. The third kappa shape index (κ3) is 4.25. The molecule has 2 N–H and O–H groups in total. The van der Waals surface area contributed by atoms with Crippen LogP contribution >= 0.6 is 0 Å². The highest BCUT2D eigenvalue weighted by Crippen LogP contribution is 2.28. The lowest BCUT2D eigenvalue weighted by Crippen LogP contribution is -2.21. The zero-order chi connectivity index (χ0) is 13.4. The van der Waals surface area contributed by atoms with Gasteiger partial charge >= 0.3 is 0 Å². The van der Waals surface area contributed by atoms with Crippen molar-refractivity contribution >= 4 is 11.6 Å². The second-order valence-corrected chi connectivity index (χ2v) is 3.72. The molecular formula is C13H20N2O3. The molecule has 0 heterocycles. The average Bonchev–Trinajstić information content (AvgIpc) is 2.39. The number of nitrogens with one attached hydrogen (secondary N) is 2. The third-order valence-electron chi connectivity index (χ3n) is 2.46. The van der Waals surface area contributed by atoms with E-state index in [1.807, 2.05) is 6.92 Å². The highest BCUT2D eigenvalue weighted by Gasteiger charge is 2.08. The molecule has 0 radical (unpaired) electrons. The Balaban J connectivity index is 2.66. The summed E-state index contributed by atoms with van der Waals surface area (Å²) in [5, 5.41) is 5.91. The first kappa shape index (κ1) is 14.3. The van der Waals surface area contributed by atoms with Gasteiger partial charge in [-0.15, -0.1) is 0 Å². The summed E-state index contributed by atoms with van der Waals surface area (Å²) < 4.78 is 10.3. The van der Waals surface area contributed by atoms with Crippen LogP contribution in [0.5, 0.6) is 11.5 Å². The maximum Gasteiger partial charge on any atom is 0.225 e. The molecule has 0 saturated heterocycles. The molecule has 0 aliphatic heterocycles. The molecule has 0 aliphatic rings. The fourth-order valence-electron chi connectivity index (χ4n) is 1.50. The number of benzene rings is 1. The van der Waals surface area contributed by atoms with E-state index >= 15 is 0 Å². The Morgan fingerprint density at radius 1 is 1.28 bits per heavy atom. The van der Waals surface area contributed by atoms with Crippen molar-refractivity contribution in [1.82, 2.24) is 5.32 Å². The van der Waals surface area contributed by atoms with E-state index < -0.39 is 0 Å². The summed E-state index contributed by atoms with van der Waals surface area (Å²) in [6.07, 6.45) is 0.425. The van der Waals surface area contributed by atoms with E-state index in [0.717, 1.165) is 6.54 Å². The summed E-state index contributed by atoms with van der Waals surface area (Å²) >= 11 is 0. The molecule has 5 nitrogen and oxygen atoms in total. The maximum atomic E-state index is 11.7. The molecule has 1 aromatic carbocycles. The molecule has 0 unspecified atom stereocenters. The number of ether oxygens (including phenoxy) is 2. The predicted octanol–water partition coefficient (Wildman–Crippen LogP) is 1.64. The lowest BCUT2D eigenvalue weighted by atomic mass is 10.2. The van der Waals surface area contributed by atoms with Crippen LogP contribution in [0.4, 0.5) is 5.69 Å². The van der Waals surface area contributed by atoms with E-state index in [4.69, 9.17) is 9.47 Å². The van der Waals surface area contributed by atoms with E-state index in [1.165, 1.54) is 0 Å². The summed E-state index contributed by atoms with van der Waals surface area (Å²) in [4.78, 5) is 11.7. The highest BCUT2D eigenvalue weighted by atomic mass is 16.5. The van der Waals surface area contributed by atoms with Gasteiger partial charge in [-0.1, -0.05) is 6.92 Å². The zero-order valence-corrected chi connectivity index (χ0v) is 11.1. The monoisotopic (exact) mass is 252 g/mol. The molecule has 0 bridgehead atoms. The number of rotatable bonds is 7. The van der Waals surface area contributed by atoms with Crippen molar-refractivity contribution in [2.45, 2.75) is 13.3 Å². The second-order valence-electron chi connectivity index (χ2n) is 3.72. The Morgan fingerprint density at radius 3 is 2.67 bits per heavy atom. The van der Waals surface area contributed by atoms with Crippen molar-refractivity contribution in [2.24, 2.45) is 0 Å². The summed E-state index contributed by atoms with van der Waals surface area (Å²) in [6.45, 7) is 3.52. The van der Waals surface area contributed by atoms with Gasteiger partial charge in [-0.3, -0.25) is 4.79 Å². The normalized spacial score (nSPS) is 9.94. The number of carbonyl (C=O) groups is 1. The van der Waals surface area contributed by atoms with E-state index in [1.54, 1.807) is 32.4 Å². The molecule has 0 aliphatic carbocycles. The molecule has 1 aromatic rings. The van der Waals surface area contributed by atoms with Crippen LogP contribution in [0.2, 0.25) is 0 Å². The molecule has 0 aromatic heterocycles. The van der Waals surface area contributed by atoms with Crippen molar-refractivity contribution in [1.29, 1.82) is 0 Å². The zero-order valence-electron chi connectivity index (χ0n) is 11.1. The smallest absolute Gasteiger partial charge is 0.225 e. The minimum absolute atomic E-state index is 0.0532. The quantitative estimate of drug-likeness (QED) is 0.724. The Kier molecular flexibility index (Phi) is 6.00. The largest absolute Gasteiger partial charge is 0.497 e. The molecular weight excluding hydrogens is 232 g/mol. The SMILES string of the molecule is CCNCCC(=O)Nc1cc(OC)ccc1OC. The Morgan fingerprint density at radius 2 is 2.06 bits per heavy atom. The fraction of sp³-hybridized carbons (Fsp3) is 0.462. The first-order valence-corrected chi connectivity index (χ1v) is 5.93. The molecule has 5 heteroatoms. The maximum absolute atomic E-state index is 11.7. The average molecular weight is 252 g/mol. The first-order chi connectivity index (χ1) is 8.71. The van der Waals surface area contributed by atoms with E-state index in [9.17, 15) is 4.79 Å². The summed E-state index contributed by atoms with van der Waals surface area (Å²) in [6, 6.07) is 5.29. The van der Waals surface area contributed by atoms with Crippen molar-refractivity contribution in [3.8, 4) is 11.5 Å². The Labute approximate surface area is 107 Å². The van der Waals surface area contributed by atoms with Gasteiger partial charge < -0.3 is 20.1 Å². The Hall–Kier alpha value is -1.75.